The van der Waals surface area contributed by atoms with E-state index < -0.39 is 0 Å². The van der Waals surface area contributed by atoms with E-state index in [2.05, 4.69) is 18.2 Å². The van der Waals surface area contributed by atoms with Crippen LogP contribution in [0.15, 0.2) is 12.4 Å². The number of aryl methyl sites for hydroxylation is 2. The summed E-state index contributed by atoms with van der Waals surface area (Å²) in [7, 11) is 0. The molecule has 2 aromatic heterocycles. The zero-order valence-electron chi connectivity index (χ0n) is 9.89. The second-order valence-electron chi connectivity index (χ2n) is 4.41. The van der Waals surface area contributed by atoms with Gasteiger partial charge in [-0.2, -0.15) is 5.10 Å². The Morgan fingerprint density at radius 3 is 3.18 bits per heavy atom. The van der Waals surface area contributed by atoms with E-state index in [1.54, 1.807) is 11.3 Å². The molecule has 1 unspecified atom stereocenters. The van der Waals surface area contributed by atoms with Crippen molar-refractivity contribution < 1.29 is 0 Å². The molecule has 0 bridgehead atoms. The highest BCUT2D eigenvalue weighted by atomic mass is 32.1. The van der Waals surface area contributed by atoms with Gasteiger partial charge in [0.25, 0.3) is 0 Å². The third-order valence-electron chi connectivity index (χ3n) is 3.20. The predicted molar refractivity (Wildman–Crippen MR) is 68.9 cm³/mol. The Morgan fingerprint density at radius 1 is 1.59 bits per heavy atom. The Balaban J connectivity index is 1.98. The molecule has 17 heavy (non-hydrogen) atoms. The molecular weight excluding hydrogens is 232 g/mol. The Morgan fingerprint density at radius 2 is 2.47 bits per heavy atom. The maximum Gasteiger partial charge on any atom is 0.127 e. The second-order valence-corrected chi connectivity index (χ2v) is 5.44. The van der Waals surface area contributed by atoms with Crippen molar-refractivity contribution in [3.8, 4) is 10.6 Å². The molecule has 0 saturated heterocycles. The number of hydrogen-bond acceptors (Lipinski definition) is 4. The highest BCUT2D eigenvalue weighted by Crippen LogP contribution is 2.36. The molecular formula is C12H16N4S. The predicted octanol–water partition coefficient (Wildman–Crippen LogP) is 2.36. The van der Waals surface area contributed by atoms with Crippen molar-refractivity contribution in [2.24, 2.45) is 5.73 Å². The lowest BCUT2D eigenvalue weighted by molar-refractivity contribution is 0.573. The number of hydrogen-bond donors (Lipinski definition) is 1. The van der Waals surface area contributed by atoms with Crippen molar-refractivity contribution in [1.29, 1.82) is 0 Å². The van der Waals surface area contributed by atoms with E-state index in [4.69, 9.17) is 10.7 Å². The Bertz CT molecular complexity index is 528. The molecule has 0 aromatic carbocycles. The summed E-state index contributed by atoms with van der Waals surface area (Å²) in [5.74, 6) is 0. The monoisotopic (exact) mass is 248 g/mol. The molecule has 3 rings (SSSR count). The van der Waals surface area contributed by atoms with Gasteiger partial charge >= 0.3 is 0 Å². The van der Waals surface area contributed by atoms with E-state index in [1.165, 1.54) is 10.6 Å². The molecule has 1 aliphatic rings. The zero-order valence-corrected chi connectivity index (χ0v) is 10.7. The van der Waals surface area contributed by atoms with Crippen molar-refractivity contribution in [2.45, 2.75) is 38.8 Å². The third-order valence-corrected chi connectivity index (χ3v) is 4.48. The van der Waals surface area contributed by atoms with Gasteiger partial charge in [-0.15, -0.1) is 11.3 Å². The summed E-state index contributed by atoms with van der Waals surface area (Å²) in [4.78, 5) is 5.98. The fourth-order valence-corrected chi connectivity index (χ4v) is 3.35. The van der Waals surface area contributed by atoms with E-state index in [1.807, 2.05) is 10.9 Å². The van der Waals surface area contributed by atoms with Crippen LogP contribution >= 0.6 is 11.3 Å². The Kier molecular flexibility index (Phi) is 2.72. The molecule has 0 radical (unpaired) electrons. The van der Waals surface area contributed by atoms with E-state index in [0.717, 1.165) is 36.4 Å². The summed E-state index contributed by atoms with van der Waals surface area (Å²) in [6.45, 7) is 2.98. The molecule has 2 heterocycles. The Hall–Kier alpha value is -1.20. The SMILES string of the molecule is CCn1cc(-c2nc3c(s2)C(N)CCC3)cn1. The standard InChI is InChI=1S/C12H16N4S/c1-2-16-7-8(6-14-16)12-15-10-5-3-4-9(13)11(10)17-12/h6-7,9H,2-5,13H2,1H3. The lowest BCUT2D eigenvalue weighted by Crippen LogP contribution is -2.15. The van der Waals surface area contributed by atoms with Crippen LogP contribution in [0.25, 0.3) is 10.6 Å². The van der Waals surface area contributed by atoms with Crippen LogP contribution in [0.4, 0.5) is 0 Å². The summed E-state index contributed by atoms with van der Waals surface area (Å²) >= 11 is 1.73. The number of thiazole rings is 1. The van der Waals surface area contributed by atoms with Gasteiger partial charge in [-0.25, -0.2) is 4.98 Å². The van der Waals surface area contributed by atoms with Crippen molar-refractivity contribution in [1.82, 2.24) is 14.8 Å². The molecule has 0 aliphatic heterocycles. The Labute approximate surface area is 104 Å². The van der Waals surface area contributed by atoms with Gasteiger partial charge in [0, 0.05) is 29.2 Å². The minimum atomic E-state index is 0.186. The summed E-state index contributed by atoms with van der Waals surface area (Å²) in [6.07, 6.45) is 7.25. The molecule has 0 spiro atoms. The number of nitrogens with two attached hydrogens (primary N) is 1. The van der Waals surface area contributed by atoms with E-state index in [0.29, 0.717) is 0 Å². The summed E-state index contributed by atoms with van der Waals surface area (Å²) in [6, 6.07) is 0.186. The van der Waals surface area contributed by atoms with Crippen LogP contribution < -0.4 is 5.73 Å². The van der Waals surface area contributed by atoms with Crippen LogP contribution in [0, 0.1) is 0 Å². The van der Waals surface area contributed by atoms with Gasteiger partial charge in [-0.1, -0.05) is 0 Å². The minimum Gasteiger partial charge on any atom is -0.323 e. The minimum absolute atomic E-state index is 0.186. The molecule has 0 fully saturated rings. The molecule has 0 saturated carbocycles. The van der Waals surface area contributed by atoms with Crippen LogP contribution in [-0.4, -0.2) is 14.8 Å². The van der Waals surface area contributed by atoms with Crippen LogP contribution in [0.2, 0.25) is 0 Å². The fourth-order valence-electron chi connectivity index (χ4n) is 2.22. The number of rotatable bonds is 2. The van der Waals surface area contributed by atoms with Crippen LogP contribution in [-0.2, 0) is 13.0 Å². The van der Waals surface area contributed by atoms with Crippen LogP contribution in [0.5, 0.6) is 0 Å². The van der Waals surface area contributed by atoms with Gasteiger partial charge in [0.15, 0.2) is 0 Å². The molecule has 2 aromatic rings. The fraction of sp³-hybridized carbons (Fsp3) is 0.500. The highest BCUT2D eigenvalue weighted by molar-refractivity contribution is 7.15. The first-order valence-corrected chi connectivity index (χ1v) is 6.87. The van der Waals surface area contributed by atoms with E-state index in [-0.39, 0.29) is 6.04 Å². The first-order chi connectivity index (χ1) is 8.28. The van der Waals surface area contributed by atoms with Gasteiger partial charge in [0.05, 0.1) is 11.9 Å². The summed E-state index contributed by atoms with van der Waals surface area (Å²) < 4.78 is 1.93. The zero-order chi connectivity index (χ0) is 11.8. The van der Waals surface area contributed by atoms with Gasteiger partial charge in [0.2, 0.25) is 0 Å². The van der Waals surface area contributed by atoms with Gasteiger partial charge in [0.1, 0.15) is 5.01 Å². The third kappa shape index (κ3) is 1.89. The highest BCUT2D eigenvalue weighted by Gasteiger charge is 2.22. The summed E-state index contributed by atoms with van der Waals surface area (Å²) in [5.41, 5.74) is 8.43. The van der Waals surface area contributed by atoms with Crippen molar-refractivity contribution in [2.75, 3.05) is 0 Å². The molecule has 1 atom stereocenters. The average molecular weight is 248 g/mol. The molecule has 4 nitrogen and oxygen atoms in total. The van der Waals surface area contributed by atoms with E-state index in [9.17, 15) is 0 Å². The maximum atomic E-state index is 6.12. The second kappa shape index (κ2) is 4.23. The quantitative estimate of drug-likeness (QED) is 0.887. The van der Waals surface area contributed by atoms with E-state index >= 15 is 0 Å². The maximum absolute atomic E-state index is 6.12. The smallest absolute Gasteiger partial charge is 0.127 e. The summed E-state index contributed by atoms with van der Waals surface area (Å²) in [5, 5.41) is 5.35. The lowest BCUT2D eigenvalue weighted by atomic mass is 9.99. The first-order valence-electron chi connectivity index (χ1n) is 6.06. The first kappa shape index (κ1) is 10.9. The normalized spacial score (nSPS) is 19.3. The molecule has 1 aliphatic carbocycles. The van der Waals surface area contributed by atoms with Crippen molar-refractivity contribution in [3.63, 3.8) is 0 Å². The average Bonchev–Trinajstić information content (AvgIpc) is 2.95. The van der Waals surface area contributed by atoms with Gasteiger partial charge < -0.3 is 5.73 Å². The number of fused-ring (bicyclic) bond motifs is 1. The van der Waals surface area contributed by atoms with Crippen molar-refractivity contribution >= 4 is 11.3 Å². The topological polar surface area (TPSA) is 56.7 Å². The van der Waals surface area contributed by atoms with Crippen LogP contribution in [0.3, 0.4) is 0 Å². The van der Waals surface area contributed by atoms with Crippen LogP contribution in [0.1, 0.15) is 36.4 Å². The number of nitrogens with zero attached hydrogens (tertiary/aromatic N) is 3. The van der Waals surface area contributed by atoms with Gasteiger partial charge in [-0.3, -0.25) is 4.68 Å². The lowest BCUT2D eigenvalue weighted by Gasteiger charge is -2.15. The molecule has 5 heteroatoms. The van der Waals surface area contributed by atoms with Crippen molar-refractivity contribution in [3.05, 3.63) is 23.0 Å². The molecule has 0 amide bonds. The van der Waals surface area contributed by atoms with Gasteiger partial charge in [-0.05, 0) is 26.2 Å². The molecule has 2 N–H and O–H groups in total. The largest absolute Gasteiger partial charge is 0.323 e. The molecule has 90 valence electrons. The number of aromatic nitrogens is 3.